The minimum absolute atomic E-state index is 0.145. The van der Waals surface area contributed by atoms with E-state index in [1.54, 1.807) is 6.07 Å². The molecule has 0 aliphatic heterocycles. The molecule has 2 rings (SSSR count). The van der Waals surface area contributed by atoms with Crippen molar-refractivity contribution in [1.82, 2.24) is 0 Å². The average Bonchev–Trinajstić information content (AvgIpc) is 2.27. The fraction of sp³-hybridized carbons (Fsp3) is 0.571. The Morgan fingerprint density at radius 3 is 2.56 bits per heavy atom. The fourth-order valence-electron chi connectivity index (χ4n) is 2.48. The van der Waals surface area contributed by atoms with Gasteiger partial charge in [0.05, 0.1) is 5.69 Å². The van der Waals surface area contributed by atoms with Gasteiger partial charge in [-0.15, -0.1) is 0 Å². The second-order valence-corrected chi connectivity index (χ2v) is 5.09. The van der Waals surface area contributed by atoms with Gasteiger partial charge in [-0.1, -0.05) is 26.0 Å². The first-order valence-corrected chi connectivity index (χ1v) is 6.18. The normalized spacial score (nSPS) is 30.1. The molecule has 0 bridgehead atoms. The third kappa shape index (κ3) is 2.55. The van der Waals surface area contributed by atoms with Gasteiger partial charge in [-0.2, -0.15) is 0 Å². The van der Waals surface area contributed by atoms with Gasteiger partial charge in [0, 0.05) is 6.04 Å². The van der Waals surface area contributed by atoms with Gasteiger partial charge in [0.2, 0.25) is 0 Å². The summed E-state index contributed by atoms with van der Waals surface area (Å²) in [5.74, 6) is 1.39. The summed E-state index contributed by atoms with van der Waals surface area (Å²) in [6, 6.07) is 7.37. The molecule has 3 unspecified atom stereocenters. The smallest absolute Gasteiger partial charge is 0.146 e. The van der Waals surface area contributed by atoms with Crippen LogP contribution in [0.15, 0.2) is 24.3 Å². The zero-order chi connectivity index (χ0) is 11.5. The quantitative estimate of drug-likeness (QED) is 0.794. The summed E-state index contributed by atoms with van der Waals surface area (Å²) >= 11 is 0. The molecule has 1 N–H and O–H groups in total. The number of nitrogens with one attached hydrogen (secondary N) is 1. The van der Waals surface area contributed by atoms with Crippen molar-refractivity contribution in [3.63, 3.8) is 0 Å². The lowest BCUT2D eigenvalue weighted by Gasteiger charge is -2.33. The molecular formula is C14H20FN. The molecule has 16 heavy (non-hydrogen) atoms. The number of hydrogen-bond acceptors (Lipinski definition) is 1. The summed E-state index contributed by atoms with van der Waals surface area (Å²) in [6.45, 7) is 4.60. The highest BCUT2D eigenvalue weighted by molar-refractivity contribution is 5.45. The van der Waals surface area contributed by atoms with Crippen molar-refractivity contribution >= 4 is 5.69 Å². The number of hydrogen-bond donors (Lipinski definition) is 1. The van der Waals surface area contributed by atoms with E-state index in [9.17, 15) is 4.39 Å². The molecule has 3 atom stereocenters. The van der Waals surface area contributed by atoms with Crippen molar-refractivity contribution in [2.45, 2.75) is 39.2 Å². The van der Waals surface area contributed by atoms with E-state index >= 15 is 0 Å². The second kappa shape index (κ2) is 4.86. The van der Waals surface area contributed by atoms with Crippen LogP contribution in [0.1, 0.15) is 33.1 Å². The summed E-state index contributed by atoms with van der Waals surface area (Å²) in [6.07, 6.45) is 3.54. The Bertz CT molecular complexity index is 350. The van der Waals surface area contributed by atoms with Crippen molar-refractivity contribution < 1.29 is 4.39 Å². The van der Waals surface area contributed by atoms with Gasteiger partial charge in [-0.25, -0.2) is 4.39 Å². The van der Waals surface area contributed by atoms with Crippen molar-refractivity contribution in [2.24, 2.45) is 11.8 Å². The molecule has 1 aliphatic rings. The lowest BCUT2D eigenvalue weighted by Crippen LogP contribution is -2.30. The molecule has 0 aromatic heterocycles. The Morgan fingerprint density at radius 2 is 1.88 bits per heavy atom. The van der Waals surface area contributed by atoms with Crippen LogP contribution in [-0.2, 0) is 0 Å². The van der Waals surface area contributed by atoms with Crippen LogP contribution in [0, 0.1) is 17.7 Å². The first kappa shape index (κ1) is 11.4. The number of rotatable bonds is 2. The van der Waals surface area contributed by atoms with Gasteiger partial charge in [0.1, 0.15) is 5.82 Å². The molecule has 1 aliphatic carbocycles. The van der Waals surface area contributed by atoms with Crippen LogP contribution in [0.3, 0.4) is 0 Å². The van der Waals surface area contributed by atoms with Gasteiger partial charge in [0.25, 0.3) is 0 Å². The predicted octanol–water partition coefficient (Wildman–Crippen LogP) is 4.06. The van der Waals surface area contributed by atoms with E-state index in [1.807, 2.05) is 12.1 Å². The van der Waals surface area contributed by atoms with E-state index in [-0.39, 0.29) is 5.82 Å². The Hall–Kier alpha value is -1.05. The molecule has 88 valence electrons. The molecule has 1 aromatic rings. The van der Waals surface area contributed by atoms with Crippen molar-refractivity contribution in [2.75, 3.05) is 5.32 Å². The van der Waals surface area contributed by atoms with Gasteiger partial charge in [-0.3, -0.25) is 0 Å². The third-order valence-electron chi connectivity index (χ3n) is 3.83. The standard InChI is InChI=1S/C14H20FN/c1-10-7-8-12(9-11(10)2)16-14-6-4-3-5-13(14)15/h3-6,10-12,16H,7-9H2,1-2H3. The molecule has 0 radical (unpaired) electrons. The molecular weight excluding hydrogens is 201 g/mol. The predicted molar refractivity (Wildman–Crippen MR) is 66.0 cm³/mol. The summed E-state index contributed by atoms with van der Waals surface area (Å²) in [5.41, 5.74) is 0.647. The zero-order valence-corrected chi connectivity index (χ0v) is 10.0. The summed E-state index contributed by atoms with van der Waals surface area (Å²) in [4.78, 5) is 0. The lowest BCUT2D eigenvalue weighted by molar-refractivity contribution is 0.260. The van der Waals surface area contributed by atoms with Crippen LogP contribution < -0.4 is 5.32 Å². The molecule has 0 amide bonds. The Balaban J connectivity index is 1.98. The van der Waals surface area contributed by atoms with Gasteiger partial charge < -0.3 is 5.32 Å². The Kier molecular flexibility index (Phi) is 3.47. The van der Waals surface area contributed by atoms with E-state index < -0.39 is 0 Å². The van der Waals surface area contributed by atoms with Crippen molar-refractivity contribution in [3.05, 3.63) is 30.1 Å². The van der Waals surface area contributed by atoms with E-state index in [0.29, 0.717) is 11.7 Å². The lowest BCUT2D eigenvalue weighted by atomic mass is 9.79. The van der Waals surface area contributed by atoms with Crippen molar-refractivity contribution in [1.29, 1.82) is 0 Å². The molecule has 1 saturated carbocycles. The van der Waals surface area contributed by atoms with E-state index in [2.05, 4.69) is 19.2 Å². The first-order chi connectivity index (χ1) is 7.66. The highest BCUT2D eigenvalue weighted by atomic mass is 19.1. The number of anilines is 1. The first-order valence-electron chi connectivity index (χ1n) is 6.18. The van der Waals surface area contributed by atoms with Crippen LogP contribution in [0.2, 0.25) is 0 Å². The number of halogens is 1. The highest BCUT2D eigenvalue weighted by Gasteiger charge is 2.24. The highest BCUT2D eigenvalue weighted by Crippen LogP contribution is 2.31. The molecule has 1 fully saturated rings. The topological polar surface area (TPSA) is 12.0 Å². The largest absolute Gasteiger partial charge is 0.380 e. The summed E-state index contributed by atoms with van der Waals surface area (Å²) in [5, 5.41) is 3.33. The molecule has 0 saturated heterocycles. The maximum absolute atomic E-state index is 13.5. The van der Waals surface area contributed by atoms with E-state index in [0.717, 1.165) is 24.7 Å². The van der Waals surface area contributed by atoms with Gasteiger partial charge >= 0.3 is 0 Å². The zero-order valence-electron chi connectivity index (χ0n) is 10.0. The summed E-state index contributed by atoms with van der Waals surface area (Å²) in [7, 11) is 0. The molecule has 0 heterocycles. The van der Waals surface area contributed by atoms with Crippen LogP contribution in [-0.4, -0.2) is 6.04 Å². The van der Waals surface area contributed by atoms with Crippen molar-refractivity contribution in [3.8, 4) is 0 Å². The SMILES string of the molecule is CC1CCC(Nc2ccccc2F)CC1C. The minimum atomic E-state index is -0.145. The maximum atomic E-state index is 13.5. The minimum Gasteiger partial charge on any atom is -0.380 e. The maximum Gasteiger partial charge on any atom is 0.146 e. The average molecular weight is 221 g/mol. The van der Waals surface area contributed by atoms with Crippen LogP contribution in [0.4, 0.5) is 10.1 Å². The van der Waals surface area contributed by atoms with Crippen LogP contribution >= 0.6 is 0 Å². The number of benzene rings is 1. The van der Waals surface area contributed by atoms with E-state index in [4.69, 9.17) is 0 Å². The molecule has 1 aromatic carbocycles. The fourth-order valence-corrected chi connectivity index (χ4v) is 2.48. The molecule has 1 nitrogen and oxygen atoms in total. The number of para-hydroxylation sites is 1. The molecule has 0 spiro atoms. The van der Waals surface area contributed by atoms with Gasteiger partial charge in [0.15, 0.2) is 0 Å². The van der Waals surface area contributed by atoms with E-state index in [1.165, 1.54) is 12.5 Å². The van der Waals surface area contributed by atoms with Crippen LogP contribution in [0.5, 0.6) is 0 Å². The van der Waals surface area contributed by atoms with Gasteiger partial charge in [-0.05, 0) is 43.2 Å². The van der Waals surface area contributed by atoms with Crippen LogP contribution in [0.25, 0.3) is 0 Å². The summed E-state index contributed by atoms with van der Waals surface area (Å²) < 4.78 is 13.5. The monoisotopic (exact) mass is 221 g/mol. The second-order valence-electron chi connectivity index (χ2n) is 5.09. The third-order valence-corrected chi connectivity index (χ3v) is 3.83. The Morgan fingerprint density at radius 1 is 1.12 bits per heavy atom. The Labute approximate surface area is 97.1 Å². The molecule has 2 heteroatoms.